The first-order valence-electron chi connectivity index (χ1n) is 6.12. The monoisotopic (exact) mass is 347 g/mol. The highest BCUT2D eigenvalue weighted by Crippen LogP contribution is 2.28. The number of fused-ring (bicyclic) bond motifs is 1. The second kappa shape index (κ2) is 5.77. The van der Waals surface area contributed by atoms with Crippen LogP contribution in [0.2, 0.25) is 5.02 Å². The third kappa shape index (κ3) is 2.76. The first kappa shape index (κ1) is 13.3. The van der Waals surface area contributed by atoms with Gasteiger partial charge in [0.1, 0.15) is 4.60 Å². The van der Waals surface area contributed by atoms with Crippen molar-refractivity contribution in [2.24, 2.45) is 0 Å². The van der Waals surface area contributed by atoms with E-state index in [0.717, 1.165) is 26.9 Å². The molecule has 3 rings (SSSR count). The Morgan fingerprint density at radius 2 is 2.00 bits per heavy atom. The average molecular weight is 349 g/mol. The Morgan fingerprint density at radius 3 is 2.85 bits per heavy atom. The van der Waals surface area contributed by atoms with E-state index in [1.807, 2.05) is 42.5 Å². The maximum Gasteiger partial charge on any atom is 0.106 e. The topological polar surface area (TPSA) is 37.8 Å². The van der Waals surface area contributed by atoms with Crippen LogP contribution in [0, 0.1) is 0 Å². The third-order valence-electron chi connectivity index (χ3n) is 2.95. The van der Waals surface area contributed by atoms with Crippen LogP contribution >= 0.6 is 27.5 Å². The number of benzene rings is 1. The zero-order valence-electron chi connectivity index (χ0n) is 10.5. The molecule has 3 aromatic rings. The highest BCUT2D eigenvalue weighted by molar-refractivity contribution is 9.10. The van der Waals surface area contributed by atoms with E-state index in [-0.39, 0.29) is 0 Å². The molecule has 0 spiro atoms. The van der Waals surface area contributed by atoms with Gasteiger partial charge < -0.3 is 5.32 Å². The van der Waals surface area contributed by atoms with Gasteiger partial charge in [0.05, 0.1) is 22.8 Å². The Morgan fingerprint density at radius 1 is 1.10 bits per heavy atom. The van der Waals surface area contributed by atoms with Gasteiger partial charge in [0.15, 0.2) is 0 Å². The quantitative estimate of drug-likeness (QED) is 0.700. The van der Waals surface area contributed by atoms with E-state index in [9.17, 15) is 0 Å². The van der Waals surface area contributed by atoms with E-state index in [1.54, 1.807) is 6.20 Å². The molecule has 0 aliphatic rings. The lowest BCUT2D eigenvalue weighted by molar-refractivity contribution is 1.03. The van der Waals surface area contributed by atoms with Crippen LogP contribution in [0.5, 0.6) is 0 Å². The number of nitrogens with one attached hydrogen (secondary N) is 1. The van der Waals surface area contributed by atoms with Crippen molar-refractivity contribution in [3.8, 4) is 0 Å². The molecule has 0 bridgehead atoms. The third-order valence-corrected chi connectivity index (χ3v) is 3.70. The fourth-order valence-corrected chi connectivity index (χ4v) is 2.62. The Bertz CT molecular complexity index is 761. The molecule has 20 heavy (non-hydrogen) atoms. The molecule has 1 N–H and O–H groups in total. The zero-order chi connectivity index (χ0) is 13.9. The normalized spacial score (nSPS) is 10.7. The Hall–Kier alpha value is -1.65. The number of pyridine rings is 2. The van der Waals surface area contributed by atoms with Crippen molar-refractivity contribution in [2.75, 3.05) is 5.32 Å². The number of hydrogen-bond donors (Lipinski definition) is 1. The van der Waals surface area contributed by atoms with Crippen LogP contribution in [-0.4, -0.2) is 9.97 Å². The molecular formula is C15H11BrClN3. The zero-order valence-corrected chi connectivity index (χ0v) is 12.8. The van der Waals surface area contributed by atoms with Crippen molar-refractivity contribution in [2.45, 2.75) is 6.54 Å². The molecule has 100 valence electrons. The Balaban J connectivity index is 1.90. The number of anilines is 1. The molecule has 0 fully saturated rings. The predicted molar refractivity (Wildman–Crippen MR) is 86.0 cm³/mol. The lowest BCUT2D eigenvalue weighted by Crippen LogP contribution is -2.02. The van der Waals surface area contributed by atoms with Gasteiger partial charge in [0, 0.05) is 17.3 Å². The van der Waals surface area contributed by atoms with Gasteiger partial charge in [0.25, 0.3) is 0 Å². The minimum absolute atomic E-state index is 0.644. The van der Waals surface area contributed by atoms with E-state index < -0.39 is 0 Å². The molecule has 1 aromatic carbocycles. The summed E-state index contributed by atoms with van der Waals surface area (Å²) in [6.07, 6.45) is 1.74. The number of hydrogen-bond acceptors (Lipinski definition) is 3. The molecule has 3 nitrogen and oxygen atoms in total. The predicted octanol–water partition coefficient (Wildman–Crippen LogP) is 4.66. The molecule has 5 heteroatoms. The summed E-state index contributed by atoms with van der Waals surface area (Å²) in [5, 5.41) is 5.04. The fourth-order valence-electron chi connectivity index (χ4n) is 2.03. The van der Waals surface area contributed by atoms with Gasteiger partial charge >= 0.3 is 0 Å². The average Bonchev–Trinajstić information content (AvgIpc) is 2.47. The van der Waals surface area contributed by atoms with Crippen molar-refractivity contribution in [1.29, 1.82) is 0 Å². The highest BCUT2D eigenvalue weighted by atomic mass is 79.9. The van der Waals surface area contributed by atoms with Crippen molar-refractivity contribution in [1.82, 2.24) is 9.97 Å². The molecule has 0 aliphatic carbocycles. The van der Waals surface area contributed by atoms with Crippen LogP contribution in [0.15, 0.2) is 53.3 Å². The van der Waals surface area contributed by atoms with Crippen LogP contribution < -0.4 is 5.32 Å². The molecular weight excluding hydrogens is 338 g/mol. The first-order chi connectivity index (χ1) is 9.74. The maximum absolute atomic E-state index is 6.16. The van der Waals surface area contributed by atoms with Crippen LogP contribution in [0.4, 0.5) is 5.69 Å². The summed E-state index contributed by atoms with van der Waals surface area (Å²) in [6.45, 7) is 0.644. The second-order valence-corrected chi connectivity index (χ2v) is 5.52. The molecule has 0 saturated heterocycles. The van der Waals surface area contributed by atoms with Gasteiger partial charge in [-0.1, -0.05) is 17.7 Å². The lowest BCUT2D eigenvalue weighted by Gasteiger charge is -2.10. The summed E-state index contributed by atoms with van der Waals surface area (Å²) < 4.78 is 0.833. The number of rotatable bonds is 3. The van der Waals surface area contributed by atoms with E-state index in [4.69, 9.17) is 11.6 Å². The minimum atomic E-state index is 0.644. The van der Waals surface area contributed by atoms with E-state index in [1.165, 1.54) is 0 Å². The molecule has 0 aliphatic heterocycles. The number of nitrogens with zero attached hydrogens (tertiary/aromatic N) is 2. The van der Waals surface area contributed by atoms with Gasteiger partial charge in [-0.15, -0.1) is 0 Å². The molecule has 0 saturated carbocycles. The van der Waals surface area contributed by atoms with Gasteiger partial charge in [-0.25, -0.2) is 4.98 Å². The lowest BCUT2D eigenvalue weighted by atomic mass is 10.2. The van der Waals surface area contributed by atoms with Crippen LogP contribution in [-0.2, 0) is 6.54 Å². The van der Waals surface area contributed by atoms with Crippen molar-refractivity contribution in [3.63, 3.8) is 0 Å². The minimum Gasteiger partial charge on any atom is -0.379 e. The molecule has 2 aromatic heterocycles. The van der Waals surface area contributed by atoms with Crippen molar-refractivity contribution >= 4 is 44.1 Å². The largest absolute Gasteiger partial charge is 0.379 e. The molecule has 0 atom stereocenters. The summed E-state index contributed by atoms with van der Waals surface area (Å²) >= 11 is 9.53. The number of aromatic nitrogens is 2. The van der Waals surface area contributed by atoms with E-state index in [2.05, 4.69) is 31.2 Å². The molecule has 2 heterocycles. The van der Waals surface area contributed by atoms with Crippen molar-refractivity contribution < 1.29 is 0 Å². The van der Waals surface area contributed by atoms with Crippen LogP contribution in [0.3, 0.4) is 0 Å². The summed E-state index contributed by atoms with van der Waals surface area (Å²) in [4.78, 5) is 8.71. The first-order valence-corrected chi connectivity index (χ1v) is 7.30. The Labute approximate surface area is 130 Å². The fraction of sp³-hybridized carbons (Fsp3) is 0.0667. The SMILES string of the molecule is Clc1ccc(NCc2cccc(Br)n2)c2cccnc12. The van der Waals surface area contributed by atoms with Gasteiger partial charge in [-0.3, -0.25) is 4.98 Å². The maximum atomic E-state index is 6.16. The van der Waals surface area contributed by atoms with Gasteiger partial charge in [-0.2, -0.15) is 0 Å². The summed E-state index contributed by atoms with van der Waals surface area (Å²) in [6, 6.07) is 13.6. The standard InChI is InChI=1S/C15H11BrClN3/c16-14-5-1-3-10(20-14)9-19-13-7-6-12(17)15-11(13)4-2-8-18-15/h1-8,19H,9H2. The van der Waals surface area contributed by atoms with Gasteiger partial charge in [-0.05, 0) is 52.3 Å². The molecule has 0 unspecified atom stereocenters. The van der Waals surface area contributed by atoms with E-state index in [0.29, 0.717) is 11.6 Å². The summed E-state index contributed by atoms with van der Waals surface area (Å²) in [5.41, 5.74) is 2.77. The molecule has 0 radical (unpaired) electrons. The number of halogens is 2. The highest BCUT2D eigenvalue weighted by Gasteiger charge is 2.05. The van der Waals surface area contributed by atoms with Crippen molar-refractivity contribution in [3.05, 3.63) is 64.0 Å². The molecule has 0 amide bonds. The van der Waals surface area contributed by atoms with Crippen LogP contribution in [0.25, 0.3) is 10.9 Å². The smallest absolute Gasteiger partial charge is 0.106 e. The second-order valence-electron chi connectivity index (χ2n) is 4.30. The van der Waals surface area contributed by atoms with Gasteiger partial charge in [0.2, 0.25) is 0 Å². The summed E-state index contributed by atoms with van der Waals surface area (Å²) in [7, 11) is 0. The Kier molecular flexibility index (Phi) is 3.85. The van der Waals surface area contributed by atoms with E-state index >= 15 is 0 Å². The van der Waals surface area contributed by atoms with Crippen LogP contribution in [0.1, 0.15) is 5.69 Å². The summed E-state index contributed by atoms with van der Waals surface area (Å²) in [5.74, 6) is 0.